The first-order chi connectivity index (χ1) is 31.2. The first-order valence-corrected chi connectivity index (χ1v) is 21.2. The minimum atomic E-state index is 0.602. The number of aromatic nitrogens is 5. The van der Waals surface area contributed by atoms with Crippen molar-refractivity contribution in [3.63, 3.8) is 0 Å². The molecule has 0 saturated heterocycles. The summed E-state index contributed by atoms with van der Waals surface area (Å²) in [5.41, 5.74) is 13.5. The van der Waals surface area contributed by atoms with Crippen molar-refractivity contribution in [3.8, 4) is 56.7 Å². The first kappa shape index (κ1) is 35.2. The van der Waals surface area contributed by atoms with Gasteiger partial charge in [-0.05, 0) is 77.9 Å². The molecule has 0 aliphatic heterocycles. The molecule has 4 aromatic heterocycles. The molecule has 0 unspecified atom stereocenters. The number of para-hydroxylation sites is 2. The van der Waals surface area contributed by atoms with E-state index in [0.29, 0.717) is 17.5 Å². The highest BCUT2D eigenvalue weighted by atomic mass is 16.3. The zero-order valence-electron chi connectivity index (χ0n) is 33.9. The Kier molecular flexibility index (Phi) is 7.80. The molecule has 0 radical (unpaired) electrons. The highest BCUT2D eigenvalue weighted by molar-refractivity contribution is 6.26. The summed E-state index contributed by atoms with van der Waals surface area (Å²) in [5, 5.41) is 6.83. The van der Waals surface area contributed by atoms with Gasteiger partial charge in [-0.2, -0.15) is 0 Å². The molecule has 0 bridgehead atoms. The van der Waals surface area contributed by atoms with E-state index in [4.69, 9.17) is 19.4 Å². The zero-order chi connectivity index (χ0) is 41.4. The van der Waals surface area contributed by atoms with Gasteiger partial charge in [0.2, 0.25) is 0 Å². The molecule has 0 aliphatic carbocycles. The van der Waals surface area contributed by atoms with E-state index in [-0.39, 0.29) is 0 Å². The highest BCUT2D eigenvalue weighted by Crippen LogP contribution is 2.43. The molecule has 0 fully saturated rings. The van der Waals surface area contributed by atoms with Gasteiger partial charge in [0.25, 0.3) is 0 Å². The number of fused-ring (bicyclic) bond motifs is 10. The molecule has 63 heavy (non-hydrogen) atoms. The molecule has 0 amide bonds. The number of hydrogen-bond acceptors (Lipinski definition) is 4. The largest absolute Gasteiger partial charge is 0.456 e. The van der Waals surface area contributed by atoms with Crippen LogP contribution in [0.25, 0.3) is 122 Å². The summed E-state index contributed by atoms with van der Waals surface area (Å²) in [6.07, 6.45) is 0. The molecule has 6 nitrogen and oxygen atoms in total. The van der Waals surface area contributed by atoms with E-state index in [2.05, 4.69) is 149 Å². The molecule has 0 aliphatic rings. The summed E-state index contributed by atoms with van der Waals surface area (Å²) in [4.78, 5) is 15.0. The van der Waals surface area contributed by atoms with E-state index in [1.165, 1.54) is 38.2 Å². The minimum absolute atomic E-state index is 0.602. The quantitative estimate of drug-likeness (QED) is 0.168. The van der Waals surface area contributed by atoms with E-state index >= 15 is 0 Å². The summed E-state index contributed by atoms with van der Waals surface area (Å²) in [6, 6.07) is 74.6. The van der Waals surface area contributed by atoms with Crippen molar-refractivity contribution >= 4 is 65.6 Å². The van der Waals surface area contributed by atoms with Crippen LogP contribution in [0.1, 0.15) is 0 Å². The van der Waals surface area contributed by atoms with E-state index in [1.807, 2.05) is 72.8 Å². The average Bonchev–Trinajstić information content (AvgIpc) is 4.02. The Hall–Kier alpha value is -8.61. The van der Waals surface area contributed by atoms with Crippen LogP contribution < -0.4 is 0 Å². The van der Waals surface area contributed by atoms with Crippen molar-refractivity contribution in [2.24, 2.45) is 0 Å². The third-order valence-electron chi connectivity index (χ3n) is 12.3. The number of furan rings is 1. The third kappa shape index (κ3) is 5.62. The van der Waals surface area contributed by atoms with Gasteiger partial charge in [-0.3, -0.25) is 0 Å². The van der Waals surface area contributed by atoms with E-state index in [9.17, 15) is 0 Å². The SMILES string of the molecule is c1ccc(-c2cccc(-n3c4ccccc4c4c3ccc3c5ccccc5n(-c5ccc6oc7ccc(-c8nc(-c9ccccc9)nc(-c9ccccc9)n8)cc7c6c5)c34)c2)cc1. The van der Waals surface area contributed by atoms with Crippen molar-refractivity contribution in [2.45, 2.75) is 0 Å². The van der Waals surface area contributed by atoms with Gasteiger partial charge in [0, 0.05) is 60.4 Å². The summed E-state index contributed by atoms with van der Waals surface area (Å²) in [7, 11) is 0. The normalized spacial score (nSPS) is 11.8. The van der Waals surface area contributed by atoms with Crippen LogP contribution in [0.3, 0.4) is 0 Å². The molecule has 0 spiro atoms. The number of hydrogen-bond donors (Lipinski definition) is 0. The predicted octanol–water partition coefficient (Wildman–Crippen LogP) is 14.6. The summed E-state index contributed by atoms with van der Waals surface area (Å²) < 4.78 is 11.4. The van der Waals surface area contributed by atoms with Crippen molar-refractivity contribution < 1.29 is 4.42 Å². The fraction of sp³-hybridized carbons (Fsp3) is 0. The Balaban J connectivity index is 1.03. The van der Waals surface area contributed by atoms with Gasteiger partial charge in [0.05, 0.1) is 22.1 Å². The lowest BCUT2D eigenvalue weighted by atomic mass is 10.1. The number of benzene rings is 9. The Labute approximate surface area is 361 Å². The van der Waals surface area contributed by atoms with Gasteiger partial charge in [-0.25, -0.2) is 15.0 Å². The maximum absolute atomic E-state index is 6.53. The summed E-state index contributed by atoms with van der Waals surface area (Å²) in [6.45, 7) is 0. The average molecular weight is 806 g/mol. The van der Waals surface area contributed by atoms with E-state index in [0.717, 1.165) is 66.6 Å². The zero-order valence-corrected chi connectivity index (χ0v) is 33.9. The molecule has 0 saturated carbocycles. The maximum atomic E-state index is 6.53. The highest BCUT2D eigenvalue weighted by Gasteiger charge is 2.22. The first-order valence-electron chi connectivity index (χ1n) is 21.2. The molecule has 13 rings (SSSR count). The van der Waals surface area contributed by atoms with Gasteiger partial charge < -0.3 is 13.6 Å². The van der Waals surface area contributed by atoms with Crippen molar-refractivity contribution in [1.29, 1.82) is 0 Å². The second-order valence-electron chi connectivity index (χ2n) is 16.0. The van der Waals surface area contributed by atoms with Crippen LogP contribution in [0, 0.1) is 0 Å². The van der Waals surface area contributed by atoms with Crippen LogP contribution in [0.2, 0.25) is 0 Å². The molecule has 4 heterocycles. The Morgan fingerprint density at radius 1 is 0.302 bits per heavy atom. The fourth-order valence-corrected chi connectivity index (χ4v) is 9.49. The second kappa shape index (κ2) is 14.0. The van der Waals surface area contributed by atoms with Crippen LogP contribution >= 0.6 is 0 Å². The Bertz CT molecular complexity index is 3850. The Morgan fingerprint density at radius 3 is 1.54 bits per heavy atom. The summed E-state index contributed by atoms with van der Waals surface area (Å²) in [5.74, 6) is 1.86. The molecule has 9 aromatic carbocycles. The maximum Gasteiger partial charge on any atom is 0.164 e. The summed E-state index contributed by atoms with van der Waals surface area (Å²) >= 11 is 0. The Morgan fingerprint density at radius 2 is 0.841 bits per heavy atom. The van der Waals surface area contributed by atoms with Gasteiger partial charge in [0.1, 0.15) is 11.2 Å². The van der Waals surface area contributed by atoms with Crippen molar-refractivity contribution in [3.05, 3.63) is 212 Å². The van der Waals surface area contributed by atoms with E-state index < -0.39 is 0 Å². The van der Waals surface area contributed by atoms with E-state index in [1.54, 1.807) is 0 Å². The van der Waals surface area contributed by atoms with Gasteiger partial charge >= 0.3 is 0 Å². The van der Waals surface area contributed by atoms with Gasteiger partial charge in [-0.15, -0.1) is 0 Å². The molecule has 294 valence electrons. The second-order valence-corrected chi connectivity index (χ2v) is 16.0. The molecular formula is C57H35N5O. The van der Waals surface area contributed by atoms with Crippen molar-refractivity contribution in [2.75, 3.05) is 0 Å². The van der Waals surface area contributed by atoms with Crippen molar-refractivity contribution in [1.82, 2.24) is 24.1 Å². The van der Waals surface area contributed by atoms with Crippen LogP contribution in [0.4, 0.5) is 0 Å². The van der Waals surface area contributed by atoms with Crippen LogP contribution in [0.15, 0.2) is 217 Å². The van der Waals surface area contributed by atoms with Crippen LogP contribution in [-0.4, -0.2) is 24.1 Å². The molecular weight excluding hydrogens is 771 g/mol. The lowest BCUT2D eigenvalue weighted by Crippen LogP contribution is -2.00. The topological polar surface area (TPSA) is 61.7 Å². The lowest BCUT2D eigenvalue weighted by Gasteiger charge is -2.11. The molecule has 13 aromatic rings. The number of rotatable bonds is 6. The molecule has 0 atom stereocenters. The number of nitrogens with zero attached hydrogens (tertiary/aromatic N) is 5. The minimum Gasteiger partial charge on any atom is -0.456 e. The van der Waals surface area contributed by atoms with Crippen LogP contribution in [0.5, 0.6) is 0 Å². The third-order valence-corrected chi connectivity index (χ3v) is 12.3. The molecule has 0 N–H and O–H groups in total. The van der Waals surface area contributed by atoms with Gasteiger partial charge in [-0.1, -0.05) is 146 Å². The lowest BCUT2D eigenvalue weighted by molar-refractivity contribution is 0.669. The van der Waals surface area contributed by atoms with Crippen LogP contribution in [-0.2, 0) is 0 Å². The molecule has 6 heteroatoms. The monoisotopic (exact) mass is 805 g/mol. The smallest absolute Gasteiger partial charge is 0.164 e. The predicted molar refractivity (Wildman–Crippen MR) is 258 cm³/mol. The standard InChI is InChI=1S/C57H35N5O/c1-4-15-36(16-5-1)39-21-14-22-41(33-39)61-49-26-13-11-24-45(49)53-50(61)30-29-44-43-23-10-12-25-48(43)62(54(44)53)42-28-32-52-47(35-42)46-34-40(27-31-51(46)63-52)57-59-55(37-17-6-2-7-18-37)58-56(60-57)38-19-8-3-9-20-38/h1-35H. The van der Waals surface area contributed by atoms with Gasteiger partial charge in [0.15, 0.2) is 17.5 Å². The fourth-order valence-electron chi connectivity index (χ4n) is 9.49.